The second-order valence-corrected chi connectivity index (χ2v) is 9.31. The van der Waals surface area contributed by atoms with Gasteiger partial charge in [-0.3, -0.25) is 9.69 Å². The van der Waals surface area contributed by atoms with Gasteiger partial charge in [0.05, 0.1) is 13.0 Å². The molecule has 0 aliphatic carbocycles. The number of likely N-dealkylation sites (tertiary alicyclic amines) is 1. The van der Waals surface area contributed by atoms with E-state index < -0.39 is 0 Å². The van der Waals surface area contributed by atoms with Gasteiger partial charge in [0.1, 0.15) is 17.4 Å². The van der Waals surface area contributed by atoms with Crippen molar-refractivity contribution in [2.75, 3.05) is 26.7 Å². The van der Waals surface area contributed by atoms with Crippen LogP contribution in [0.3, 0.4) is 0 Å². The van der Waals surface area contributed by atoms with E-state index in [1.807, 2.05) is 36.4 Å². The number of amides is 1. The molecule has 0 aromatic heterocycles. The standard InChI is InChI=1S/C29H32F2N2O2/c1-20-15-23(9-12-27(20)31)24-16-25(19-33(18-24)17-21-7-10-26(30)11-8-21)29(34)32-14-13-22-5-3-4-6-28(22)35-2/h3-12,15,24-25H,13-14,16-19H2,1-2H3,(H,32,34)/t24-,25+/m1/s1. The van der Waals surface area contributed by atoms with Gasteiger partial charge in [0.2, 0.25) is 5.91 Å². The average molecular weight is 479 g/mol. The summed E-state index contributed by atoms with van der Waals surface area (Å²) in [5, 5.41) is 3.11. The second kappa shape index (κ2) is 11.5. The number of carbonyl (C=O) groups excluding carboxylic acids is 1. The normalized spacial score (nSPS) is 18.3. The van der Waals surface area contributed by atoms with Gasteiger partial charge in [-0.25, -0.2) is 8.78 Å². The molecule has 3 aromatic rings. The number of nitrogens with one attached hydrogen (secondary N) is 1. The van der Waals surface area contributed by atoms with Crippen LogP contribution in [0.15, 0.2) is 66.7 Å². The fraction of sp³-hybridized carbons (Fsp3) is 0.345. The molecule has 0 unspecified atom stereocenters. The number of rotatable bonds is 8. The molecule has 0 bridgehead atoms. The van der Waals surface area contributed by atoms with E-state index in [2.05, 4.69) is 10.2 Å². The van der Waals surface area contributed by atoms with E-state index >= 15 is 0 Å². The first-order chi connectivity index (χ1) is 16.9. The molecule has 1 fully saturated rings. The van der Waals surface area contributed by atoms with E-state index in [9.17, 15) is 13.6 Å². The fourth-order valence-corrected chi connectivity index (χ4v) is 4.89. The number of piperidine rings is 1. The monoisotopic (exact) mass is 478 g/mol. The molecule has 0 saturated carbocycles. The summed E-state index contributed by atoms with van der Waals surface area (Å²) in [5.74, 6) is 0.257. The number of hydrogen-bond acceptors (Lipinski definition) is 3. The largest absolute Gasteiger partial charge is 0.496 e. The van der Waals surface area contributed by atoms with Crippen molar-refractivity contribution >= 4 is 5.91 Å². The van der Waals surface area contributed by atoms with Crippen LogP contribution in [0.4, 0.5) is 8.78 Å². The van der Waals surface area contributed by atoms with Crippen molar-refractivity contribution in [2.24, 2.45) is 5.92 Å². The van der Waals surface area contributed by atoms with Gasteiger partial charge in [-0.15, -0.1) is 0 Å². The van der Waals surface area contributed by atoms with Gasteiger partial charge in [0, 0.05) is 26.2 Å². The number of methoxy groups -OCH3 is 1. The van der Waals surface area contributed by atoms with E-state index in [1.54, 1.807) is 26.2 Å². The molecule has 1 saturated heterocycles. The Morgan fingerprint density at radius 2 is 1.83 bits per heavy atom. The number of aryl methyl sites for hydroxylation is 1. The Kier molecular flexibility index (Phi) is 8.13. The SMILES string of the molecule is COc1ccccc1CCNC(=O)[C@H]1C[C@@H](c2ccc(F)c(C)c2)CN(Cc2ccc(F)cc2)C1. The molecule has 4 rings (SSSR count). The molecule has 2 atom stereocenters. The zero-order valence-corrected chi connectivity index (χ0v) is 20.3. The van der Waals surface area contributed by atoms with E-state index in [0.717, 1.165) is 29.0 Å². The number of benzene rings is 3. The Hall–Kier alpha value is -3.25. The van der Waals surface area contributed by atoms with Crippen molar-refractivity contribution in [3.8, 4) is 5.75 Å². The summed E-state index contributed by atoms with van der Waals surface area (Å²) in [4.78, 5) is 15.4. The minimum absolute atomic E-state index is 0.0209. The van der Waals surface area contributed by atoms with Crippen LogP contribution in [0.5, 0.6) is 5.75 Å². The Morgan fingerprint density at radius 3 is 2.57 bits per heavy atom. The number of halogens is 2. The van der Waals surface area contributed by atoms with Gasteiger partial charge < -0.3 is 10.1 Å². The number of nitrogens with zero attached hydrogens (tertiary/aromatic N) is 1. The lowest BCUT2D eigenvalue weighted by Gasteiger charge is -2.37. The number of para-hydroxylation sites is 1. The quantitative estimate of drug-likeness (QED) is 0.481. The van der Waals surface area contributed by atoms with Crippen LogP contribution in [0.1, 0.15) is 34.6 Å². The van der Waals surface area contributed by atoms with Crippen LogP contribution in [0, 0.1) is 24.5 Å². The van der Waals surface area contributed by atoms with E-state index in [-0.39, 0.29) is 29.4 Å². The van der Waals surface area contributed by atoms with Gasteiger partial charge in [-0.05, 0) is 72.2 Å². The van der Waals surface area contributed by atoms with Crippen LogP contribution >= 0.6 is 0 Å². The Labute approximate surface area is 205 Å². The third-order valence-corrected chi connectivity index (χ3v) is 6.76. The van der Waals surface area contributed by atoms with Gasteiger partial charge in [0.15, 0.2) is 0 Å². The molecule has 0 spiro atoms. The first-order valence-corrected chi connectivity index (χ1v) is 12.1. The van der Waals surface area contributed by atoms with Crippen molar-refractivity contribution in [2.45, 2.75) is 32.2 Å². The summed E-state index contributed by atoms with van der Waals surface area (Å²) in [5.41, 5.74) is 3.70. The zero-order chi connectivity index (χ0) is 24.8. The molecule has 0 radical (unpaired) electrons. The molecule has 35 heavy (non-hydrogen) atoms. The van der Waals surface area contributed by atoms with E-state index in [0.29, 0.717) is 38.0 Å². The topological polar surface area (TPSA) is 41.6 Å². The molecule has 1 amide bonds. The summed E-state index contributed by atoms with van der Waals surface area (Å²) in [6, 6.07) is 19.5. The molecule has 6 heteroatoms. The molecule has 4 nitrogen and oxygen atoms in total. The van der Waals surface area contributed by atoms with Gasteiger partial charge in [-0.1, -0.05) is 42.5 Å². The Bertz CT molecular complexity index is 1150. The fourth-order valence-electron chi connectivity index (χ4n) is 4.89. The highest BCUT2D eigenvalue weighted by atomic mass is 19.1. The second-order valence-electron chi connectivity index (χ2n) is 9.31. The third kappa shape index (κ3) is 6.45. The van der Waals surface area contributed by atoms with Gasteiger partial charge >= 0.3 is 0 Å². The first-order valence-electron chi connectivity index (χ1n) is 12.1. The molecule has 1 heterocycles. The van der Waals surface area contributed by atoms with Crippen molar-refractivity contribution in [1.82, 2.24) is 10.2 Å². The zero-order valence-electron chi connectivity index (χ0n) is 20.3. The average Bonchev–Trinajstić information content (AvgIpc) is 2.87. The summed E-state index contributed by atoms with van der Waals surface area (Å²) >= 11 is 0. The lowest BCUT2D eigenvalue weighted by Crippen LogP contribution is -2.45. The van der Waals surface area contributed by atoms with Crippen LogP contribution in [-0.2, 0) is 17.8 Å². The molecular weight excluding hydrogens is 446 g/mol. The maximum absolute atomic E-state index is 13.9. The summed E-state index contributed by atoms with van der Waals surface area (Å²) in [6.45, 7) is 4.29. The number of ether oxygens (including phenoxy) is 1. The summed E-state index contributed by atoms with van der Waals surface area (Å²) < 4.78 is 32.7. The van der Waals surface area contributed by atoms with Crippen LogP contribution in [-0.4, -0.2) is 37.6 Å². The molecule has 1 aliphatic rings. The van der Waals surface area contributed by atoms with Crippen molar-refractivity contribution in [3.63, 3.8) is 0 Å². The summed E-state index contributed by atoms with van der Waals surface area (Å²) in [6.07, 6.45) is 1.38. The van der Waals surface area contributed by atoms with Crippen LogP contribution in [0.2, 0.25) is 0 Å². The first kappa shape index (κ1) is 24.9. The highest BCUT2D eigenvalue weighted by molar-refractivity contribution is 5.79. The molecule has 1 aliphatic heterocycles. The molecular formula is C29H32F2N2O2. The highest BCUT2D eigenvalue weighted by Gasteiger charge is 2.32. The molecule has 3 aromatic carbocycles. The van der Waals surface area contributed by atoms with Crippen LogP contribution < -0.4 is 10.1 Å². The third-order valence-electron chi connectivity index (χ3n) is 6.76. The number of carbonyl (C=O) groups is 1. The van der Waals surface area contributed by atoms with Crippen LogP contribution in [0.25, 0.3) is 0 Å². The van der Waals surface area contributed by atoms with Crippen molar-refractivity contribution < 1.29 is 18.3 Å². The Morgan fingerprint density at radius 1 is 1.06 bits per heavy atom. The number of hydrogen-bond donors (Lipinski definition) is 1. The minimum atomic E-state index is -0.264. The van der Waals surface area contributed by atoms with Crippen molar-refractivity contribution in [3.05, 3.63) is 101 Å². The predicted octanol–water partition coefficient (Wildman–Crippen LogP) is 5.25. The highest BCUT2D eigenvalue weighted by Crippen LogP contribution is 2.32. The molecule has 184 valence electrons. The predicted molar refractivity (Wildman–Crippen MR) is 133 cm³/mol. The maximum Gasteiger partial charge on any atom is 0.224 e. The lowest BCUT2D eigenvalue weighted by atomic mass is 9.83. The van der Waals surface area contributed by atoms with E-state index in [1.165, 1.54) is 18.2 Å². The minimum Gasteiger partial charge on any atom is -0.496 e. The molecule has 1 N–H and O–H groups in total. The lowest BCUT2D eigenvalue weighted by molar-refractivity contribution is -0.127. The van der Waals surface area contributed by atoms with Gasteiger partial charge in [0.25, 0.3) is 0 Å². The summed E-state index contributed by atoms with van der Waals surface area (Å²) in [7, 11) is 1.65. The maximum atomic E-state index is 13.9. The van der Waals surface area contributed by atoms with Gasteiger partial charge in [-0.2, -0.15) is 0 Å². The Balaban J connectivity index is 1.46. The van der Waals surface area contributed by atoms with E-state index in [4.69, 9.17) is 4.74 Å². The smallest absolute Gasteiger partial charge is 0.224 e. The van der Waals surface area contributed by atoms with Crippen molar-refractivity contribution in [1.29, 1.82) is 0 Å².